The fraction of sp³-hybridized carbons (Fsp3) is 0.200. The monoisotopic (exact) mass is 480 g/mol. The summed E-state index contributed by atoms with van der Waals surface area (Å²) >= 11 is 0. The Bertz CT molecular complexity index is 1420. The third-order valence-electron chi connectivity index (χ3n) is 6.26. The van der Waals surface area contributed by atoms with E-state index in [4.69, 9.17) is 4.74 Å². The number of anilines is 2. The average molecular weight is 481 g/mol. The first kappa shape index (κ1) is 22.1. The van der Waals surface area contributed by atoms with Crippen molar-refractivity contribution in [2.24, 2.45) is 0 Å². The Morgan fingerprint density at radius 3 is 2.32 bits per heavy atom. The van der Waals surface area contributed by atoms with Gasteiger partial charge in [-0.2, -0.15) is 0 Å². The second-order valence-corrected chi connectivity index (χ2v) is 10.5. The Labute approximate surface area is 196 Å². The zero-order chi connectivity index (χ0) is 24.3. The van der Waals surface area contributed by atoms with Crippen LogP contribution in [-0.4, -0.2) is 33.1 Å². The molecule has 0 aliphatic carbocycles. The van der Waals surface area contributed by atoms with Crippen LogP contribution in [0.4, 0.5) is 15.8 Å². The Balaban J connectivity index is 1.73. The minimum atomic E-state index is -4.27. The minimum Gasteiger partial charge on any atom is -0.497 e. The number of hydrogen-bond acceptors (Lipinski definition) is 5. The van der Waals surface area contributed by atoms with Crippen molar-refractivity contribution < 1.29 is 27.1 Å². The van der Waals surface area contributed by atoms with Crippen molar-refractivity contribution in [2.45, 2.75) is 18.3 Å². The van der Waals surface area contributed by atoms with Crippen molar-refractivity contribution >= 4 is 33.0 Å². The van der Waals surface area contributed by atoms with Gasteiger partial charge in [0.25, 0.3) is 10.8 Å². The number of ether oxygens (including phenoxy) is 1. The molecule has 174 valence electrons. The smallest absolute Gasteiger partial charge is 0.274 e. The van der Waals surface area contributed by atoms with Crippen LogP contribution in [0.25, 0.3) is 0 Å². The third-order valence-corrected chi connectivity index (χ3v) is 8.36. The fourth-order valence-corrected chi connectivity index (χ4v) is 6.74. The van der Waals surface area contributed by atoms with E-state index < -0.39 is 38.1 Å². The SMILES string of the molecule is COc1ccc(N2C(=O)CS(=O)(=O)[C@@]23C(=O)N(Cc2ccc(F)cc2)c2ccc(C)cc23)cc1. The Morgan fingerprint density at radius 1 is 1.00 bits per heavy atom. The summed E-state index contributed by atoms with van der Waals surface area (Å²) in [6.07, 6.45) is 0. The molecule has 0 bridgehead atoms. The Morgan fingerprint density at radius 2 is 1.68 bits per heavy atom. The predicted octanol–water partition coefficient (Wildman–Crippen LogP) is 3.30. The molecule has 5 rings (SSSR count). The molecule has 2 aliphatic rings. The normalized spacial score (nSPS) is 20.8. The number of amides is 2. The number of sulfone groups is 1. The average Bonchev–Trinajstić information content (AvgIpc) is 3.17. The van der Waals surface area contributed by atoms with Crippen LogP contribution in [0.2, 0.25) is 0 Å². The highest BCUT2D eigenvalue weighted by Gasteiger charge is 2.69. The molecule has 7 nitrogen and oxygen atoms in total. The lowest BCUT2D eigenvalue weighted by molar-refractivity contribution is -0.123. The molecule has 2 amide bonds. The summed E-state index contributed by atoms with van der Waals surface area (Å²) < 4.78 is 45.9. The van der Waals surface area contributed by atoms with Crippen LogP contribution in [-0.2, 0) is 30.8 Å². The molecule has 1 spiro atoms. The first-order chi connectivity index (χ1) is 16.2. The number of methoxy groups -OCH3 is 1. The molecule has 9 heteroatoms. The predicted molar refractivity (Wildman–Crippen MR) is 125 cm³/mol. The van der Waals surface area contributed by atoms with Gasteiger partial charge in [0, 0.05) is 11.3 Å². The number of fused-ring (bicyclic) bond motifs is 2. The van der Waals surface area contributed by atoms with Gasteiger partial charge in [-0.05, 0) is 61.0 Å². The standard InChI is InChI=1S/C25H21FN2O5S/c1-16-3-12-22-21(13-16)25(24(30)27(22)14-17-4-6-18(26)7-5-17)28(23(29)15-34(25,31)32)19-8-10-20(33-2)11-9-19/h3-13H,14-15H2,1-2H3/t25-/m0/s1. The van der Waals surface area contributed by atoms with Gasteiger partial charge in [-0.1, -0.05) is 23.8 Å². The van der Waals surface area contributed by atoms with E-state index in [1.54, 1.807) is 49.4 Å². The second-order valence-electron chi connectivity index (χ2n) is 8.37. The van der Waals surface area contributed by atoms with E-state index in [9.17, 15) is 22.4 Å². The van der Waals surface area contributed by atoms with Crippen LogP contribution < -0.4 is 14.5 Å². The summed E-state index contributed by atoms with van der Waals surface area (Å²) in [5.74, 6) is -2.10. The molecule has 0 N–H and O–H groups in total. The highest BCUT2D eigenvalue weighted by atomic mass is 32.2. The van der Waals surface area contributed by atoms with E-state index in [0.29, 0.717) is 17.0 Å². The first-order valence-corrected chi connectivity index (χ1v) is 12.2. The molecule has 1 atom stereocenters. The summed E-state index contributed by atoms with van der Waals surface area (Å²) in [7, 11) is -2.77. The third kappa shape index (κ3) is 3.03. The number of halogens is 1. The van der Waals surface area contributed by atoms with Crippen molar-refractivity contribution in [3.05, 3.63) is 89.2 Å². The van der Waals surface area contributed by atoms with Crippen LogP contribution in [0.1, 0.15) is 16.7 Å². The molecule has 0 aromatic heterocycles. The molecule has 2 heterocycles. The number of rotatable bonds is 4. The van der Waals surface area contributed by atoms with E-state index in [2.05, 4.69) is 0 Å². The van der Waals surface area contributed by atoms with Gasteiger partial charge < -0.3 is 9.64 Å². The minimum absolute atomic E-state index is 0.0249. The zero-order valence-corrected chi connectivity index (χ0v) is 19.3. The summed E-state index contributed by atoms with van der Waals surface area (Å²) in [6.45, 7) is 1.82. The number of carbonyl (C=O) groups excluding carboxylic acids is 2. The van der Waals surface area contributed by atoms with E-state index in [0.717, 1.165) is 10.5 Å². The van der Waals surface area contributed by atoms with Gasteiger partial charge in [-0.15, -0.1) is 0 Å². The summed E-state index contributed by atoms with van der Waals surface area (Å²) in [5.41, 5.74) is 2.28. The number of aryl methyl sites for hydroxylation is 1. The number of benzene rings is 3. The van der Waals surface area contributed by atoms with Gasteiger partial charge in [-0.3, -0.25) is 14.5 Å². The quantitative estimate of drug-likeness (QED) is 0.572. The zero-order valence-electron chi connectivity index (χ0n) is 18.5. The van der Waals surface area contributed by atoms with Crippen molar-refractivity contribution in [1.29, 1.82) is 0 Å². The maximum Gasteiger partial charge on any atom is 0.274 e. The van der Waals surface area contributed by atoms with Gasteiger partial charge in [0.2, 0.25) is 5.91 Å². The molecular formula is C25H21FN2O5S. The van der Waals surface area contributed by atoms with Crippen molar-refractivity contribution in [3.8, 4) is 5.75 Å². The molecule has 0 saturated carbocycles. The molecule has 34 heavy (non-hydrogen) atoms. The van der Waals surface area contributed by atoms with Crippen LogP contribution in [0.3, 0.4) is 0 Å². The first-order valence-electron chi connectivity index (χ1n) is 10.6. The lowest BCUT2D eigenvalue weighted by Gasteiger charge is -2.32. The van der Waals surface area contributed by atoms with Crippen molar-refractivity contribution in [3.63, 3.8) is 0 Å². The van der Waals surface area contributed by atoms with Crippen LogP contribution >= 0.6 is 0 Å². The van der Waals surface area contributed by atoms with E-state index in [1.165, 1.54) is 36.3 Å². The van der Waals surface area contributed by atoms with Crippen molar-refractivity contribution in [2.75, 3.05) is 22.7 Å². The molecular weight excluding hydrogens is 459 g/mol. The van der Waals surface area contributed by atoms with Gasteiger partial charge in [0.05, 0.1) is 19.3 Å². The Kier molecular flexibility index (Phi) is 4.98. The molecule has 0 unspecified atom stereocenters. The number of hydrogen-bond donors (Lipinski definition) is 0. The van der Waals surface area contributed by atoms with Gasteiger partial charge in [-0.25, -0.2) is 12.8 Å². The second kappa shape index (κ2) is 7.66. The molecule has 3 aromatic rings. The molecule has 3 aromatic carbocycles. The topological polar surface area (TPSA) is 84.0 Å². The van der Waals surface area contributed by atoms with Crippen LogP contribution in [0.15, 0.2) is 66.7 Å². The van der Waals surface area contributed by atoms with Gasteiger partial charge in [0.15, 0.2) is 9.84 Å². The van der Waals surface area contributed by atoms with E-state index >= 15 is 0 Å². The van der Waals surface area contributed by atoms with Crippen molar-refractivity contribution in [1.82, 2.24) is 0 Å². The van der Waals surface area contributed by atoms with Crippen LogP contribution in [0.5, 0.6) is 5.75 Å². The lowest BCUT2D eigenvalue weighted by Crippen LogP contribution is -2.54. The highest BCUT2D eigenvalue weighted by molar-refractivity contribution is 7.94. The van der Waals surface area contributed by atoms with Gasteiger partial charge in [0.1, 0.15) is 17.3 Å². The van der Waals surface area contributed by atoms with Crippen LogP contribution in [0, 0.1) is 12.7 Å². The Hall–Kier alpha value is -3.72. The largest absolute Gasteiger partial charge is 0.497 e. The highest BCUT2D eigenvalue weighted by Crippen LogP contribution is 2.53. The maximum absolute atomic E-state index is 14.1. The fourth-order valence-electron chi connectivity index (χ4n) is 4.71. The van der Waals surface area contributed by atoms with E-state index in [1.807, 2.05) is 0 Å². The van der Waals surface area contributed by atoms with Gasteiger partial charge >= 0.3 is 0 Å². The molecule has 1 saturated heterocycles. The number of carbonyl (C=O) groups is 2. The summed E-state index contributed by atoms with van der Waals surface area (Å²) in [4.78, 5) is 27.5. The molecule has 0 radical (unpaired) electrons. The lowest BCUT2D eigenvalue weighted by atomic mass is 10.0. The summed E-state index contributed by atoms with van der Waals surface area (Å²) in [6, 6.07) is 17.1. The molecule has 2 aliphatic heterocycles. The number of nitrogens with zero attached hydrogens (tertiary/aromatic N) is 2. The molecule has 1 fully saturated rings. The van der Waals surface area contributed by atoms with E-state index in [-0.39, 0.29) is 17.8 Å². The maximum atomic E-state index is 14.1. The summed E-state index contributed by atoms with van der Waals surface area (Å²) in [5, 5.41) is 0.